The van der Waals surface area contributed by atoms with Crippen LogP contribution in [0.5, 0.6) is 0 Å². The van der Waals surface area contributed by atoms with E-state index in [1.807, 2.05) is 6.08 Å². The molecule has 0 saturated heterocycles. The molecular formula is C10H12S. The summed E-state index contributed by atoms with van der Waals surface area (Å²) in [5, 5.41) is 0. The molecule has 1 rings (SSSR count). The lowest BCUT2D eigenvalue weighted by molar-refractivity contribution is 1.46. The molecule has 0 heterocycles. The molecule has 0 aliphatic rings. The van der Waals surface area contributed by atoms with E-state index in [2.05, 4.69) is 49.9 Å². The molecule has 0 aliphatic carbocycles. The van der Waals surface area contributed by atoms with Crippen LogP contribution >= 0.6 is 12.6 Å². The van der Waals surface area contributed by atoms with Gasteiger partial charge < -0.3 is 0 Å². The maximum atomic E-state index is 4.08. The molecule has 0 aromatic heterocycles. The first-order chi connectivity index (χ1) is 5.33. The predicted molar refractivity (Wildman–Crippen MR) is 54.1 cm³/mol. The van der Waals surface area contributed by atoms with Crippen molar-refractivity contribution in [3.63, 3.8) is 0 Å². The van der Waals surface area contributed by atoms with Crippen molar-refractivity contribution in [2.24, 2.45) is 0 Å². The number of hydrogen-bond acceptors (Lipinski definition) is 1. The fraction of sp³-hybridized carbons (Fsp3) is 0.200. The molecule has 58 valence electrons. The van der Waals surface area contributed by atoms with Crippen molar-refractivity contribution in [1.29, 1.82) is 0 Å². The van der Waals surface area contributed by atoms with Gasteiger partial charge >= 0.3 is 0 Å². The summed E-state index contributed by atoms with van der Waals surface area (Å²) in [5.41, 5.74) is 2.54. The first-order valence-corrected chi connectivity index (χ1v) is 4.30. The highest BCUT2D eigenvalue weighted by atomic mass is 32.1. The molecule has 1 aromatic rings. The standard InChI is InChI=1S/C10H12S/c1-9-4-6-10(7-5-9)3-2-8-11/h2-7,11H,8H2,1H3. The number of thiol groups is 1. The minimum atomic E-state index is 0.799. The fourth-order valence-corrected chi connectivity index (χ4v) is 0.972. The largest absolute Gasteiger partial charge is 0.175 e. The molecule has 0 spiro atoms. The van der Waals surface area contributed by atoms with Crippen molar-refractivity contribution in [3.8, 4) is 0 Å². The Bertz CT molecular complexity index is 234. The zero-order chi connectivity index (χ0) is 8.10. The highest BCUT2D eigenvalue weighted by Gasteiger charge is 1.84. The summed E-state index contributed by atoms with van der Waals surface area (Å²) in [4.78, 5) is 0. The van der Waals surface area contributed by atoms with Gasteiger partial charge in [-0.2, -0.15) is 12.6 Å². The molecule has 0 aliphatic heterocycles. The van der Waals surface area contributed by atoms with Crippen molar-refractivity contribution in [1.82, 2.24) is 0 Å². The monoisotopic (exact) mass is 164 g/mol. The second-order valence-corrected chi connectivity index (χ2v) is 2.86. The summed E-state index contributed by atoms with van der Waals surface area (Å²) >= 11 is 4.08. The average Bonchev–Trinajstić information content (AvgIpc) is 2.04. The molecular weight excluding hydrogens is 152 g/mol. The lowest BCUT2D eigenvalue weighted by Gasteiger charge is -1.93. The number of aryl methyl sites for hydroxylation is 1. The smallest absolute Gasteiger partial charge is 0.00858 e. The molecule has 1 heteroatoms. The second kappa shape index (κ2) is 4.24. The zero-order valence-corrected chi connectivity index (χ0v) is 7.51. The van der Waals surface area contributed by atoms with Gasteiger partial charge in [0.1, 0.15) is 0 Å². The minimum Gasteiger partial charge on any atom is -0.175 e. The van der Waals surface area contributed by atoms with E-state index in [1.54, 1.807) is 0 Å². The quantitative estimate of drug-likeness (QED) is 0.638. The van der Waals surface area contributed by atoms with Crippen molar-refractivity contribution in [2.45, 2.75) is 6.92 Å². The topological polar surface area (TPSA) is 0 Å². The van der Waals surface area contributed by atoms with Gasteiger partial charge in [0.25, 0.3) is 0 Å². The molecule has 0 fully saturated rings. The molecule has 1 aromatic carbocycles. The number of benzene rings is 1. The van der Waals surface area contributed by atoms with Crippen LogP contribution in [-0.2, 0) is 0 Å². The number of hydrogen-bond donors (Lipinski definition) is 1. The van der Waals surface area contributed by atoms with Gasteiger partial charge in [0.05, 0.1) is 0 Å². The number of rotatable bonds is 2. The van der Waals surface area contributed by atoms with E-state index < -0.39 is 0 Å². The summed E-state index contributed by atoms with van der Waals surface area (Å²) in [6.07, 6.45) is 4.11. The van der Waals surface area contributed by atoms with E-state index in [4.69, 9.17) is 0 Å². The maximum Gasteiger partial charge on any atom is 0.00858 e. The van der Waals surface area contributed by atoms with Crippen LogP contribution < -0.4 is 0 Å². The van der Waals surface area contributed by atoms with E-state index in [9.17, 15) is 0 Å². The van der Waals surface area contributed by atoms with E-state index in [1.165, 1.54) is 11.1 Å². The van der Waals surface area contributed by atoms with Gasteiger partial charge in [-0.05, 0) is 12.5 Å². The Morgan fingerprint density at radius 2 is 1.91 bits per heavy atom. The third-order valence-corrected chi connectivity index (χ3v) is 1.70. The molecule has 0 N–H and O–H groups in total. The lowest BCUT2D eigenvalue weighted by Crippen LogP contribution is -1.73. The van der Waals surface area contributed by atoms with E-state index in [0.717, 1.165) is 5.75 Å². The third kappa shape index (κ3) is 2.81. The zero-order valence-electron chi connectivity index (χ0n) is 6.62. The van der Waals surface area contributed by atoms with Gasteiger partial charge in [0, 0.05) is 5.75 Å². The normalized spacial score (nSPS) is 10.7. The lowest BCUT2D eigenvalue weighted by atomic mass is 10.1. The molecule has 0 saturated carbocycles. The summed E-state index contributed by atoms with van der Waals surface area (Å²) in [5.74, 6) is 0.799. The van der Waals surface area contributed by atoms with Crippen LogP contribution in [0.25, 0.3) is 6.08 Å². The van der Waals surface area contributed by atoms with Gasteiger partial charge in [0.15, 0.2) is 0 Å². The van der Waals surface area contributed by atoms with E-state index in [-0.39, 0.29) is 0 Å². The SMILES string of the molecule is Cc1ccc(C=CCS)cc1. The molecule has 0 bridgehead atoms. The molecule has 11 heavy (non-hydrogen) atoms. The highest BCUT2D eigenvalue weighted by Crippen LogP contribution is 2.04. The van der Waals surface area contributed by atoms with Crippen molar-refractivity contribution >= 4 is 18.7 Å². The Morgan fingerprint density at radius 1 is 1.27 bits per heavy atom. The summed E-state index contributed by atoms with van der Waals surface area (Å²) in [7, 11) is 0. The van der Waals surface area contributed by atoms with Gasteiger partial charge in [-0.15, -0.1) is 0 Å². The Hall–Kier alpha value is -0.690. The van der Waals surface area contributed by atoms with Crippen LogP contribution in [-0.4, -0.2) is 5.75 Å². The first-order valence-electron chi connectivity index (χ1n) is 3.67. The molecule has 0 unspecified atom stereocenters. The average molecular weight is 164 g/mol. The van der Waals surface area contributed by atoms with Crippen LogP contribution in [0, 0.1) is 6.92 Å². The van der Waals surface area contributed by atoms with Crippen molar-refractivity contribution < 1.29 is 0 Å². The van der Waals surface area contributed by atoms with Crippen LogP contribution in [0.4, 0.5) is 0 Å². The first kappa shape index (κ1) is 8.41. The van der Waals surface area contributed by atoms with Crippen molar-refractivity contribution in [2.75, 3.05) is 5.75 Å². The second-order valence-electron chi connectivity index (χ2n) is 2.50. The van der Waals surface area contributed by atoms with Crippen LogP contribution in [0.1, 0.15) is 11.1 Å². The summed E-state index contributed by atoms with van der Waals surface area (Å²) < 4.78 is 0. The molecule has 0 amide bonds. The van der Waals surface area contributed by atoms with Gasteiger partial charge in [-0.25, -0.2) is 0 Å². The van der Waals surface area contributed by atoms with E-state index in [0.29, 0.717) is 0 Å². The summed E-state index contributed by atoms with van der Waals surface area (Å²) in [6, 6.07) is 8.43. The maximum absolute atomic E-state index is 4.08. The Balaban J connectivity index is 2.73. The van der Waals surface area contributed by atoms with Gasteiger partial charge in [-0.1, -0.05) is 42.0 Å². The van der Waals surface area contributed by atoms with Crippen LogP contribution in [0.15, 0.2) is 30.3 Å². The fourth-order valence-electron chi connectivity index (χ4n) is 0.866. The van der Waals surface area contributed by atoms with Gasteiger partial charge in [0.2, 0.25) is 0 Å². The predicted octanol–water partition coefficient (Wildman–Crippen LogP) is 2.94. The molecule has 0 atom stereocenters. The minimum absolute atomic E-state index is 0.799. The van der Waals surface area contributed by atoms with Crippen LogP contribution in [0.2, 0.25) is 0 Å². The Kier molecular flexibility index (Phi) is 3.24. The Morgan fingerprint density at radius 3 is 2.45 bits per heavy atom. The summed E-state index contributed by atoms with van der Waals surface area (Å²) in [6.45, 7) is 2.09. The Labute approximate surface area is 73.4 Å². The highest BCUT2D eigenvalue weighted by molar-refractivity contribution is 7.80. The molecule has 0 radical (unpaired) electrons. The van der Waals surface area contributed by atoms with Crippen LogP contribution in [0.3, 0.4) is 0 Å². The van der Waals surface area contributed by atoms with Crippen molar-refractivity contribution in [3.05, 3.63) is 41.5 Å². The third-order valence-electron chi connectivity index (χ3n) is 1.49. The van der Waals surface area contributed by atoms with Gasteiger partial charge in [-0.3, -0.25) is 0 Å². The molecule has 0 nitrogen and oxygen atoms in total. The van der Waals surface area contributed by atoms with E-state index >= 15 is 0 Å².